The molecule has 160 valence electrons. The number of anilines is 1. The number of nitrogens with zero attached hydrogens (tertiary/aromatic N) is 2. The molecule has 0 spiro atoms. The number of rotatable bonds is 8. The topological polar surface area (TPSA) is 82.4 Å². The van der Waals surface area contributed by atoms with Gasteiger partial charge in [-0.2, -0.15) is 5.10 Å². The van der Waals surface area contributed by atoms with E-state index < -0.39 is 0 Å². The van der Waals surface area contributed by atoms with Gasteiger partial charge in [0.25, 0.3) is 5.91 Å². The molecule has 0 bridgehead atoms. The molecule has 1 heterocycles. The Hall–Kier alpha value is -3.61. The lowest BCUT2D eigenvalue weighted by Gasteiger charge is -2.10. The van der Waals surface area contributed by atoms with Gasteiger partial charge in [-0.05, 0) is 63.1 Å². The second kappa shape index (κ2) is 9.04. The zero-order valence-electron chi connectivity index (χ0n) is 17.6. The summed E-state index contributed by atoms with van der Waals surface area (Å²) in [5.74, 6) is 0.903. The van der Waals surface area contributed by atoms with Crippen LogP contribution < -0.4 is 10.1 Å². The van der Waals surface area contributed by atoms with Gasteiger partial charge in [0.05, 0.1) is 23.0 Å². The molecule has 1 fully saturated rings. The number of carbonyl (C=O) groups excluding carboxylic acids is 2. The van der Waals surface area contributed by atoms with Gasteiger partial charge < -0.3 is 14.8 Å². The molecule has 1 aliphatic rings. The van der Waals surface area contributed by atoms with Crippen LogP contribution in [0.1, 0.15) is 48.7 Å². The highest BCUT2D eigenvalue weighted by atomic mass is 16.5. The second-order valence-corrected chi connectivity index (χ2v) is 7.79. The Kier molecular flexibility index (Phi) is 6.02. The summed E-state index contributed by atoms with van der Waals surface area (Å²) in [6.45, 7) is 3.44. The lowest BCUT2D eigenvalue weighted by molar-refractivity contribution is -0.118. The van der Waals surface area contributed by atoms with Crippen LogP contribution in [0.3, 0.4) is 0 Å². The Morgan fingerprint density at radius 2 is 1.81 bits per heavy atom. The molecule has 0 radical (unpaired) electrons. The van der Waals surface area contributed by atoms with Crippen LogP contribution in [0.15, 0.2) is 60.7 Å². The molecule has 1 aromatic heterocycles. The van der Waals surface area contributed by atoms with Crippen molar-refractivity contribution in [2.24, 2.45) is 0 Å². The van der Waals surface area contributed by atoms with Gasteiger partial charge in [0.2, 0.25) is 0 Å². The summed E-state index contributed by atoms with van der Waals surface area (Å²) >= 11 is 0. The lowest BCUT2D eigenvalue weighted by atomic mass is 10.2. The summed E-state index contributed by atoms with van der Waals surface area (Å²) in [4.78, 5) is 24.4. The largest absolute Gasteiger partial charge is 0.484 e. The Balaban J connectivity index is 1.38. The van der Waals surface area contributed by atoms with E-state index in [2.05, 4.69) is 10.4 Å². The van der Waals surface area contributed by atoms with E-state index in [1.165, 1.54) is 0 Å². The number of esters is 1. The Morgan fingerprint density at radius 3 is 2.45 bits per heavy atom. The molecule has 1 N–H and O–H groups in total. The Morgan fingerprint density at radius 1 is 1.10 bits per heavy atom. The van der Waals surface area contributed by atoms with Crippen LogP contribution in [0.4, 0.5) is 5.82 Å². The molecule has 2 aromatic carbocycles. The van der Waals surface area contributed by atoms with Crippen molar-refractivity contribution in [1.29, 1.82) is 0 Å². The fourth-order valence-corrected chi connectivity index (χ4v) is 3.13. The van der Waals surface area contributed by atoms with Crippen molar-refractivity contribution < 1.29 is 19.1 Å². The first kappa shape index (κ1) is 20.7. The summed E-state index contributed by atoms with van der Waals surface area (Å²) < 4.78 is 12.5. The van der Waals surface area contributed by atoms with Gasteiger partial charge in [-0.15, -0.1) is 0 Å². The summed E-state index contributed by atoms with van der Waals surface area (Å²) in [6, 6.07) is 18.1. The molecule has 0 unspecified atom stereocenters. The maximum atomic E-state index is 12.5. The number of aromatic nitrogens is 2. The van der Waals surface area contributed by atoms with Gasteiger partial charge in [-0.25, -0.2) is 9.48 Å². The predicted octanol–water partition coefficient (Wildman–Crippen LogP) is 4.33. The summed E-state index contributed by atoms with van der Waals surface area (Å²) in [7, 11) is 0. The van der Waals surface area contributed by atoms with E-state index in [1.54, 1.807) is 42.8 Å². The van der Waals surface area contributed by atoms with Crippen LogP contribution in [0.5, 0.6) is 5.75 Å². The monoisotopic (exact) mass is 419 g/mol. The van der Waals surface area contributed by atoms with E-state index in [4.69, 9.17) is 9.47 Å². The summed E-state index contributed by atoms with van der Waals surface area (Å²) in [5, 5.41) is 7.57. The molecule has 7 nitrogen and oxygen atoms in total. The first-order valence-electron chi connectivity index (χ1n) is 10.4. The third kappa shape index (κ3) is 5.31. The second-order valence-electron chi connectivity index (χ2n) is 7.79. The molecule has 0 saturated heterocycles. The van der Waals surface area contributed by atoms with Gasteiger partial charge in [0.1, 0.15) is 11.6 Å². The third-order valence-electron chi connectivity index (χ3n) is 4.79. The van der Waals surface area contributed by atoms with Crippen LogP contribution in [0.25, 0.3) is 5.69 Å². The number of amides is 1. The maximum absolute atomic E-state index is 12.5. The van der Waals surface area contributed by atoms with E-state index >= 15 is 0 Å². The number of carbonyl (C=O) groups is 2. The van der Waals surface area contributed by atoms with E-state index in [0.29, 0.717) is 23.0 Å². The van der Waals surface area contributed by atoms with Crippen LogP contribution in [0.2, 0.25) is 0 Å². The van der Waals surface area contributed by atoms with E-state index in [1.807, 2.05) is 36.4 Å². The number of hydrogen-bond donors (Lipinski definition) is 1. The highest BCUT2D eigenvalue weighted by molar-refractivity contribution is 5.91. The first-order chi connectivity index (χ1) is 15.0. The van der Waals surface area contributed by atoms with Gasteiger partial charge in [-0.3, -0.25) is 4.79 Å². The van der Waals surface area contributed by atoms with Crippen molar-refractivity contribution in [2.45, 2.75) is 38.7 Å². The first-order valence-corrected chi connectivity index (χ1v) is 10.4. The van der Waals surface area contributed by atoms with Crippen molar-refractivity contribution in [3.63, 3.8) is 0 Å². The van der Waals surface area contributed by atoms with Crippen LogP contribution >= 0.6 is 0 Å². The number of hydrogen-bond acceptors (Lipinski definition) is 5. The molecule has 0 atom stereocenters. The van der Waals surface area contributed by atoms with E-state index in [9.17, 15) is 9.59 Å². The highest BCUT2D eigenvalue weighted by Gasteiger charge is 2.28. The molecule has 1 aliphatic carbocycles. The zero-order chi connectivity index (χ0) is 21.8. The molecular weight excluding hydrogens is 394 g/mol. The standard InChI is InChI=1S/C24H25N3O4/c1-16(2)31-24(29)18-10-12-20(13-11-18)30-15-23(28)25-22-14-21(17-8-9-17)26-27(22)19-6-4-3-5-7-19/h3-7,10-14,16-17H,8-9,15H2,1-2H3,(H,25,28). The van der Waals surface area contributed by atoms with Gasteiger partial charge in [0, 0.05) is 12.0 Å². The molecular formula is C24H25N3O4. The minimum Gasteiger partial charge on any atom is -0.484 e. The van der Waals surface area contributed by atoms with Crippen LogP contribution in [0, 0.1) is 0 Å². The van der Waals surface area contributed by atoms with Crippen LogP contribution in [-0.2, 0) is 9.53 Å². The minimum atomic E-state index is -0.389. The van der Waals surface area contributed by atoms with Crippen molar-refractivity contribution in [3.8, 4) is 11.4 Å². The summed E-state index contributed by atoms with van der Waals surface area (Å²) in [6.07, 6.45) is 2.07. The molecule has 4 rings (SSSR count). The third-order valence-corrected chi connectivity index (χ3v) is 4.79. The SMILES string of the molecule is CC(C)OC(=O)c1ccc(OCC(=O)Nc2cc(C3CC3)nn2-c2ccccc2)cc1. The number of benzene rings is 2. The molecule has 31 heavy (non-hydrogen) atoms. The molecule has 1 saturated carbocycles. The highest BCUT2D eigenvalue weighted by Crippen LogP contribution is 2.40. The van der Waals surface area contributed by atoms with Crippen LogP contribution in [-0.4, -0.2) is 34.4 Å². The fraction of sp³-hybridized carbons (Fsp3) is 0.292. The lowest BCUT2D eigenvalue weighted by Crippen LogP contribution is -2.22. The van der Waals surface area contributed by atoms with Crippen molar-refractivity contribution in [1.82, 2.24) is 9.78 Å². The van der Waals surface area contributed by atoms with Gasteiger partial charge in [-0.1, -0.05) is 18.2 Å². The smallest absolute Gasteiger partial charge is 0.338 e. The Bertz CT molecular complexity index is 1050. The molecule has 1 amide bonds. The number of ether oxygens (including phenoxy) is 2. The van der Waals surface area contributed by atoms with Crippen molar-refractivity contribution in [2.75, 3.05) is 11.9 Å². The number of para-hydroxylation sites is 1. The van der Waals surface area contributed by atoms with Gasteiger partial charge >= 0.3 is 5.97 Å². The Labute approximate surface area is 181 Å². The average Bonchev–Trinajstić information content (AvgIpc) is 3.53. The van der Waals surface area contributed by atoms with Gasteiger partial charge in [0.15, 0.2) is 6.61 Å². The molecule has 3 aromatic rings. The predicted molar refractivity (Wildman–Crippen MR) is 117 cm³/mol. The van der Waals surface area contributed by atoms with Crippen molar-refractivity contribution >= 4 is 17.7 Å². The minimum absolute atomic E-state index is 0.158. The fourth-order valence-electron chi connectivity index (χ4n) is 3.13. The quantitative estimate of drug-likeness (QED) is 0.550. The molecule has 7 heteroatoms. The zero-order valence-corrected chi connectivity index (χ0v) is 17.6. The van der Waals surface area contributed by atoms with Crippen molar-refractivity contribution in [3.05, 3.63) is 71.9 Å². The normalized spacial score (nSPS) is 13.1. The number of nitrogens with one attached hydrogen (secondary N) is 1. The maximum Gasteiger partial charge on any atom is 0.338 e. The van der Waals surface area contributed by atoms with E-state index in [-0.39, 0.29) is 24.6 Å². The average molecular weight is 419 g/mol. The van der Waals surface area contributed by atoms with E-state index in [0.717, 1.165) is 24.2 Å². The molecule has 0 aliphatic heterocycles. The summed E-state index contributed by atoms with van der Waals surface area (Å²) in [5.41, 5.74) is 2.31.